The van der Waals surface area contributed by atoms with E-state index in [0.29, 0.717) is 11.9 Å². The molecule has 0 N–H and O–H groups in total. The number of aromatic nitrogens is 2. The zero-order valence-corrected chi connectivity index (χ0v) is 12.4. The minimum absolute atomic E-state index is 0.205. The van der Waals surface area contributed by atoms with E-state index in [-0.39, 0.29) is 5.82 Å². The molecule has 108 valence electrons. The average molecular weight is 296 g/mol. The predicted octanol–water partition coefficient (Wildman–Crippen LogP) is 3.22. The summed E-state index contributed by atoms with van der Waals surface area (Å²) in [5, 5.41) is 0. The van der Waals surface area contributed by atoms with Gasteiger partial charge in [-0.15, -0.1) is 11.6 Å². The number of aryl methyl sites for hydroxylation is 1. The van der Waals surface area contributed by atoms with Crippen LogP contribution in [0.4, 0.5) is 4.39 Å². The first-order valence-electron chi connectivity index (χ1n) is 7.10. The van der Waals surface area contributed by atoms with Gasteiger partial charge in [0.2, 0.25) is 0 Å². The SMILES string of the molecule is CN1CCC(n2c(CCCl)nc3ccc(F)cc32)CC1. The number of likely N-dealkylation sites (tertiary alicyclic amines) is 1. The monoisotopic (exact) mass is 295 g/mol. The van der Waals surface area contributed by atoms with Gasteiger partial charge >= 0.3 is 0 Å². The number of fused-ring (bicyclic) bond motifs is 1. The fourth-order valence-corrected chi connectivity index (χ4v) is 3.21. The lowest BCUT2D eigenvalue weighted by Crippen LogP contribution is -2.32. The molecular formula is C15H19ClFN3. The molecule has 1 fully saturated rings. The summed E-state index contributed by atoms with van der Waals surface area (Å²) >= 11 is 5.89. The molecule has 2 aromatic rings. The van der Waals surface area contributed by atoms with Crippen molar-refractivity contribution >= 4 is 22.6 Å². The van der Waals surface area contributed by atoms with E-state index < -0.39 is 0 Å². The molecule has 1 saturated heterocycles. The smallest absolute Gasteiger partial charge is 0.125 e. The standard InChI is InChI=1S/C15H19ClFN3/c1-19-8-5-12(6-9-19)20-14-10-11(17)2-3-13(14)18-15(20)4-7-16/h2-3,10,12H,4-9H2,1H3. The maximum absolute atomic E-state index is 13.6. The Morgan fingerprint density at radius 3 is 2.80 bits per heavy atom. The molecule has 0 amide bonds. The quantitative estimate of drug-likeness (QED) is 0.811. The van der Waals surface area contributed by atoms with E-state index in [0.717, 1.165) is 49.2 Å². The van der Waals surface area contributed by atoms with Gasteiger partial charge in [0.25, 0.3) is 0 Å². The molecule has 0 atom stereocenters. The van der Waals surface area contributed by atoms with Gasteiger partial charge in [-0.2, -0.15) is 0 Å². The normalized spacial score (nSPS) is 17.9. The van der Waals surface area contributed by atoms with Crippen LogP contribution < -0.4 is 0 Å². The summed E-state index contributed by atoms with van der Waals surface area (Å²) in [5.74, 6) is 1.32. The Morgan fingerprint density at radius 1 is 1.35 bits per heavy atom. The number of nitrogens with zero attached hydrogens (tertiary/aromatic N) is 3. The Morgan fingerprint density at radius 2 is 2.10 bits per heavy atom. The second kappa shape index (κ2) is 5.70. The van der Waals surface area contributed by atoms with E-state index >= 15 is 0 Å². The summed E-state index contributed by atoms with van der Waals surface area (Å²) in [6.45, 7) is 2.14. The van der Waals surface area contributed by atoms with E-state index in [4.69, 9.17) is 11.6 Å². The van der Waals surface area contributed by atoms with Crippen LogP contribution in [0.15, 0.2) is 18.2 Å². The van der Waals surface area contributed by atoms with Crippen LogP contribution in [0, 0.1) is 5.82 Å². The van der Waals surface area contributed by atoms with Crippen molar-refractivity contribution in [2.24, 2.45) is 0 Å². The van der Waals surface area contributed by atoms with Crippen molar-refractivity contribution in [1.29, 1.82) is 0 Å². The van der Waals surface area contributed by atoms with Gasteiger partial charge in [0.15, 0.2) is 0 Å². The molecule has 2 heterocycles. The Labute approximate surface area is 123 Å². The largest absolute Gasteiger partial charge is 0.325 e. The van der Waals surface area contributed by atoms with Gasteiger partial charge in [0, 0.05) is 18.3 Å². The van der Waals surface area contributed by atoms with Gasteiger partial charge in [-0.3, -0.25) is 0 Å². The van der Waals surface area contributed by atoms with Crippen molar-refractivity contribution in [1.82, 2.24) is 14.5 Å². The van der Waals surface area contributed by atoms with Gasteiger partial charge in [0.1, 0.15) is 11.6 Å². The van der Waals surface area contributed by atoms with Crippen LogP contribution in [0.5, 0.6) is 0 Å². The number of halogens is 2. The number of rotatable bonds is 3. The highest BCUT2D eigenvalue weighted by Gasteiger charge is 2.23. The van der Waals surface area contributed by atoms with E-state index in [9.17, 15) is 4.39 Å². The molecule has 3 rings (SSSR count). The molecule has 1 aromatic heterocycles. The second-order valence-electron chi connectivity index (χ2n) is 5.50. The number of hydrogen-bond acceptors (Lipinski definition) is 2. The lowest BCUT2D eigenvalue weighted by molar-refractivity contribution is 0.221. The topological polar surface area (TPSA) is 21.1 Å². The van der Waals surface area contributed by atoms with Gasteiger partial charge in [-0.25, -0.2) is 9.37 Å². The number of imidazole rings is 1. The Hall–Kier alpha value is -1.13. The maximum atomic E-state index is 13.6. The van der Waals surface area contributed by atoms with Crippen molar-refractivity contribution < 1.29 is 4.39 Å². The predicted molar refractivity (Wildman–Crippen MR) is 79.9 cm³/mol. The highest BCUT2D eigenvalue weighted by molar-refractivity contribution is 6.17. The minimum Gasteiger partial charge on any atom is -0.325 e. The molecule has 0 unspecified atom stereocenters. The summed E-state index contributed by atoms with van der Waals surface area (Å²) in [7, 11) is 2.14. The van der Waals surface area contributed by atoms with E-state index in [2.05, 4.69) is 21.5 Å². The van der Waals surface area contributed by atoms with Crippen molar-refractivity contribution in [2.75, 3.05) is 26.0 Å². The van der Waals surface area contributed by atoms with Crippen LogP contribution in [-0.4, -0.2) is 40.5 Å². The molecule has 0 radical (unpaired) electrons. The average Bonchev–Trinajstić information content (AvgIpc) is 2.78. The first-order valence-corrected chi connectivity index (χ1v) is 7.63. The number of alkyl halides is 1. The molecule has 0 bridgehead atoms. The van der Waals surface area contributed by atoms with Crippen molar-refractivity contribution in [3.8, 4) is 0 Å². The lowest BCUT2D eigenvalue weighted by Gasteiger charge is -2.31. The molecule has 0 aliphatic carbocycles. The van der Waals surface area contributed by atoms with Crippen molar-refractivity contribution in [3.05, 3.63) is 29.8 Å². The fourth-order valence-electron chi connectivity index (χ4n) is 3.04. The zero-order chi connectivity index (χ0) is 14.1. The molecule has 1 aliphatic heterocycles. The highest BCUT2D eigenvalue weighted by Crippen LogP contribution is 2.29. The van der Waals surface area contributed by atoms with Gasteiger partial charge in [0.05, 0.1) is 11.0 Å². The molecule has 1 aliphatic rings. The maximum Gasteiger partial charge on any atom is 0.125 e. The number of piperidine rings is 1. The first kappa shape index (κ1) is 13.8. The van der Waals surface area contributed by atoms with E-state index in [1.807, 2.05) is 0 Å². The number of benzene rings is 1. The molecule has 0 spiro atoms. The highest BCUT2D eigenvalue weighted by atomic mass is 35.5. The van der Waals surface area contributed by atoms with Crippen LogP contribution in [0.1, 0.15) is 24.7 Å². The third-order valence-electron chi connectivity index (χ3n) is 4.10. The molecule has 1 aromatic carbocycles. The Bertz CT molecular complexity index is 602. The lowest BCUT2D eigenvalue weighted by atomic mass is 10.0. The Kier molecular flexibility index (Phi) is 3.94. The van der Waals surface area contributed by atoms with Crippen molar-refractivity contribution in [2.45, 2.75) is 25.3 Å². The molecule has 3 nitrogen and oxygen atoms in total. The summed E-state index contributed by atoms with van der Waals surface area (Å²) in [6.07, 6.45) is 2.88. The molecule has 20 heavy (non-hydrogen) atoms. The van der Waals surface area contributed by atoms with Crippen LogP contribution in [0.3, 0.4) is 0 Å². The van der Waals surface area contributed by atoms with Crippen LogP contribution in [0.25, 0.3) is 11.0 Å². The summed E-state index contributed by atoms with van der Waals surface area (Å²) < 4.78 is 15.8. The van der Waals surface area contributed by atoms with Crippen LogP contribution in [-0.2, 0) is 6.42 Å². The summed E-state index contributed by atoms with van der Waals surface area (Å²) in [4.78, 5) is 6.97. The van der Waals surface area contributed by atoms with Crippen LogP contribution >= 0.6 is 11.6 Å². The number of hydrogen-bond donors (Lipinski definition) is 0. The summed E-state index contributed by atoms with van der Waals surface area (Å²) in [5.41, 5.74) is 1.77. The van der Waals surface area contributed by atoms with E-state index in [1.54, 1.807) is 12.1 Å². The van der Waals surface area contributed by atoms with E-state index in [1.165, 1.54) is 6.07 Å². The first-order chi connectivity index (χ1) is 9.69. The molecule has 5 heteroatoms. The summed E-state index contributed by atoms with van der Waals surface area (Å²) in [6, 6.07) is 5.22. The minimum atomic E-state index is -0.205. The second-order valence-corrected chi connectivity index (χ2v) is 5.88. The van der Waals surface area contributed by atoms with Gasteiger partial charge in [-0.05, 0) is 51.2 Å². The van der Waals surface area contributed by atoms with Gasteiger partial charge < -0.3 is 9.47 Å². The molecule has 0 saturated carbocycles. The van der Waals surface area contributed by atoms with Crippen LogP contribution in [0.2, 0.25) is 0 Å². The molecular weight excluding hydrogens is 277 g/mol. The fraction of sp³-hybridized carbons (Fsp3) is 0.533. The zero-order valence-electron chi connectivity index (χ0n) is 11.6. The third-order valence-corrected chi connectivity index (χ3v) is 4.28. The Balaban J connectivity index is 2.05. The third kappa shape index (κ3) is 2.54. The van der Waals surface area contributed by atoms with Gasteiger partial charge in [-0.1, -0.05) is 0 Å². The van der Waals surface area contributed by atoms with Crippen molar-refractivity contribution in [3.63, 3.8) is 0 Å².